The van der Waals surface area contributed by atoms with Crippen LogP contribution >= 0.6 is 0 Å². The second-order valence-corrected chi connectivity index (χ2v) is 3.75. The third-order valence-corrected chi connectivity index (χ3v) is 2.46. The molecule has 2 heterocycles. The monoisotopic (exact) mass is 237 g/mol. The molecule has 3 aromatic rings. The van der Waals surface area contributed by atoms with Crippen molar-refractivity contribution in [3.63, 3.8) is 0 Å². The lowest BCUT2D eigenvalue weighted by atomic mass is 10.2. The van der Waals surface area contributed by atoms with E-state index in [1.54, 1.807) is 18.6 Å². The second-order valence-electron chi connectivity index (χ2n) is 3.75. The van der Waals surface area contributed by atoms with Gasteiger partial charge in [-0.25, -0.2) is 14.6 Å². The van der Waals surface area contributed by atoms with Crippen LogP contribution < -0.4 is 5.32 Å². The number of nitrogens with zero attached hydrogens (tertiary/aromatic N) is 4. The third kappa shape index (κ3) is 2.20. The van der Waals surface area contributed by atoms with Crippen molar-refractivity contribution in [2.45, 2.75) is 0 Å². The molecule has 5 heteroatoms. The lowest BCUT2D eigenvalue weighted by molar-refractivity contribution is 0.881. The van der Waals surface area contributed by atoms with Crippen LogP contribution in [0.25, 0.3) is 5.69 Å². The van der Waals surface area contributed by atoms with Crippen LogP contribution in [0.4, 0.5) is 11.4 Å². The zero-order chi connectivity index (χ0) is 12.2. The van der Waals surface area contributed by atoms with E-state index < -0.39 is 0 Å². The van der Waals surface area contributed by atoms with Gasteiger partial charge in [-0.3, -0.25) is 0 Å². The predicted octanol–water partition coefficient (Wildman–Crippen LogP) is 2.41. The summed E-state index contributed by atoms with van der Waals surface area (Å²) >= 11 is 0. The van der Waals surface area contributed by atoms with Crippen molar-refractivity contribution >= 4 is 11.4 Å². The Morgan fingerprint density at radius 2 is 1.89 bits per heavy atom. The Morgan fingerprint density at radius 3 is 2.67 bits per heavy atom. The number of anilines is 2. The SMILES string of the molecule is c1cc(Nc2cncnc2)cc(-n2cccn2)c1. The molecule has 0 atom stereocenters. The van der Waals surface area contributed by atoms with Gasteiger partial charge in [0, 0.05) is 18.1 Å². The van der Waals surface area contributed by atoms with Gasteiger partial charge >= 0.3 is 0 Å². The summed E-state index contributed by atoms with van der Waals surface area (Å²) in [4.78, 5) is 7.92. The summed E-state index contributed by atoms with van der Waals surface area (Å²) in [6.07, 6.45) is 8.63. The van der Waals surface area contributed by atoms with E-state index in [1.807, 2.05) is 41.2 Å². The number of benzene rings is 1. The number of aromatic nitrogens is 4. The topological polar surface area (TPSA) is 55.6 Å². The normalized spacial score (nSPS) is 10.2. The molecule has 0 fully saturated rings. The van der Waals surface area contributed by atoms with Crippen molar-refractivity contribution < 1.29 is 0 Å². The lowest BCUT2D eigenvalue weighted by Crippen LogP contribution is -1.96. The van der Waals surface area contributed by atoms with E-state index in [9.17, 15) is 0 Å². The molecule has 0 saturated heterocycles. The summed E-state index contributed by atoms with van der Waals surface area (Å²) < 4.78 is 1.81. The highest BCUT2D eigenvalue weighted by atomic mass is 15.3. The number of hydrogen-bond donors (Lipinski definition) is 1. The van der Waals surface area contributed by atoms with E-state index >= 15 is 0 Å². The van der Waals surface area contributed by atoms with Gasteiger partial charge in [0.15, 0.2) is 0 Å². The zero-order valence-corrected chi connectivity index (χ0v) is 9.56. The van der Waals surface area contributed by atoms with Crippen molar-refractivity contribution in [2.24, 2.45) is 0 Å². The molecule has 3 rings (SSSR count). The molecule has 5 nitrogen and oxygen atoms in total. The molecule has 0 unspecified atom stereocenters. The average Bonchev–Trinajstić information content (AvgIpc) is 2.94. The Balaban J connectivity index is 1.88. The van der Waals surface area contributed by atoms with Crippen molar-refractivity contribution in [2.75, 3.05) is 5.32 Å². The Morgan fingerprint density at radius 1 is 1.00 bits per heavy atom. The molecule has 0 spiro atoms. The fourth-order valence-electron chi connectivity index (χ4n) is 1.68. The second kappa shape index (κ2) is 4.67. The van der Waals surface area contributed by atoms with E-state index in [-0.39, 0.29) is 0 Å². The molecule has 2 aromatic heterocycles. The fourth-order valence-corrected chi connectivity index (χ4v) is 1.68. The van der Waals surface area contributed by atoms with Crippen LogP contribution in [0.15, 0.2) is 61.4 Å². The molecular weight excluding hydrogens is 226 g/mol. The minimum absolute atomic E-state index is 0.857. The maximum Gasteiger partial charge on any atom is 0.115 e. The van der Waals surface area contributed by atoms with Crippen LogP contribution in [0.1, 0.15) is 0 Å². The van der Waals surface area contributed by atoms with Gasteiger partial charge in [0.25, 0.3) is 0 Å². The summed E-state index contributed by atoms with van der Waals surface area (Å²) in [7, 11) is 0. The largest absolute Gasteiger partial charge is 0.353 e. The van der Waals surface area contributed by atoms with Crippen LogP contribution in [0.5, 0.6) is 0 Å². The average molecular weight is 237 g/mol. The first-order valence-corrected chi connectivity index (χ1v) is 5.54. The van der Waals surface area contributed by atoms with Crippen LogP contribution in [0.2, 0.25) is 0 Å². The molecule has 0 bridgehead atoms. The number of rotatable bonds is 3. The summed E-state index contributed by atoms with van der Waals surface area (Å²) in [5.74, 6) is 0. The maximum absolute atomic E-state index is 4.20. The summed E-state index contributed by atoms with van der Waals surface area (Å²) in [6.45, 7) is 0. The van der Waals surface area contributed by atoms with Crippen LogP contribution in [0.3, 0.4) is 0 Å². The highest BCUT2D eigenvalue weighted by molar-refractivity contribution is 5.60. The molecule has 1 aromatic carbocycles. The first-order chi connectivity index (χ1) is 8.92. The zero-order valence-electron chi connectivity index (χ0n) is 9.56. The van der Waals surface area contributed by atoms with E-state index in [4.69, 9.17) is 0 Å². The van der Waals surface area contributed by atoms with Crippen molar-refractivity contribution in [3.05, 3.63) is 61.4 Å². The predicted molar refractivity (Wildman–Crippen MR) is 68.9 cm³/mol. The van der Waals surface area contributed by atoms with Gasteiger partial charge in [-0.15, -0.1) is 0 Å². The van der Waals surface area contributed by atoms with Crippen molar-refractivity contribution in [1.29, 1.82) is 0 Å². The minimum atomic E-state index is 0.857. The molecule has 18 heavy (non-hydrogen) atoms. The quantitative estimate of drug-likeness (QED) is 0.760. The molecule has 0 aliphatic heterocycles. The van der Waals surface area contributed by atoms with Crippen LogP contribution in [0, 0.1) is 0 Å². The van der Waals surface area contributed by atoms with Crippen molar-refractivity contribution in [3.8, 4) is 5.69 Å². The van der Waals surface area contributed by atoms with Gasteiger partial charge in [-0.2, -0.15) is 5.10 Å². The smallest absolute Gasteiger partial charge is 0.115 e. The van der Waals surface area contributed by atoms with E-state index in [0.717, 1.165) is 17.1 Å². The van der Waals surface area contributed by atoms with Gasteiger partial charge in [0.2, 0.25) is 0 Å². The molecule has 0 radical (unpaired) electrons. The summed E-state index contributed by atoms with van der Waals surface area (Å²) in [6, 6.07) is 9.87. The molecular formula is C13H11N5. The van der Waals surface area contributed by atoms with Crippen LogP contribution in [-0.4, -0.2) is 19.7 Å². The molecule has 0 aliphatic rings. The first-order valence-electron chi connectivity index (χ1n) is 5.54. The Bertz CT molecular complexity index is 619. The maximum atomic E-state index is 4.20. The molecule has 0 saturated carbocycles. The van der Waals surface area contributed by atoms with Crippen LogP contribution in [-0.2, 0) is 0 Å². The Labute approximate surface area is 104 Å². The van der Waals surface area contributed by atoms with Gasteiger partial charge in [0.05, 0.1) is 23.8 Å². The third-order valence-electron chi connectivity index (χ3n) is 2.46. The number of hydrogen-bond acceptors (Lipinski definition) is 4. The summed E-state index contributed by atoms with van der Waals surface area (Å²) in [5.41, 5.74) is 2.83. The van der Waals surface area contributed by atoms with E-state index in [0.29, 0.717) is 0 Å². The Hall–Kier alpha value is -2.69. The van der Waals surface area contributed by atoms with Gasteiger partial charge in [0.1, 0.15) is 6.33 Å². The Kier molecular flexibility index (Phi) is 2.71. The molecule has 88 valence electrons. The van der Waals surface area contributed by atoms with Crippen molar-refractivity contribution in [1.82, 2.24) is 19.7 Å². The van der Waals surface area contributed by atoms with E-state index in [1.165, 1.54) is 6.33 Å². The standard InChI is InChI=1S/C13H11N5/c1-3-11(17-12-8-14-10-15-9-12)7-13(4-1)18-6-2-5-16-18/h1-10,17H. The fraction of sp³-hybridized carbons (Fsp3) is 0. The highest BCUT2D eigenvalue weighted by Gasteiger charge is 1.99. The molecule has 0 amide bonds. The first kappa shape index (κ1) is 10.5. The lowest BCUT2D eigenvalue weighted by Gasteiger charge is -2.07. The van der Waals surface area contributed by atoms with E-state index in [2.05, 4.69) is 20.4 Å². The number of nitrogens with one attached hydrogen (secondary N) is 1. The van der Waals surface area contributed by atoms with Gasteiger partial charge in [-0.1, -0.05) is 6.07 Å². The summed E-state index contributed by atoms with van der Waals surface area (Å²) in [5, 5.41) is 7.44. The minimum Gasteiger partial charge on any atom is -0.353 e. The van der Waals surface area contributed by atoms with Gasteiger partial charge < -0.3 is 5.32 Å². The molecule has 1 N–H and O–H groups in total. The molecule has 0 aliphatic carbocycles. The highest BCUT2D eigenvalue weighted by Crippen LogP contribution is 2.17. The van der Waals surface area contributed by atoms with Gasteiger partial charge in [-0.05, 0) is 24.3 Å².